The van der Waals surface area contributed by atoms with Gasteiger partial charge in [-0.05, 0) is 44.2 Å². The van der Waals surface area contributed by atoms with Crippen LogP contribution in [0, 0.1) is 13.8 Å². The predicted molar refractivity (Wildman–Crippen MR) is 110 cm³/mol. The zero-order chi connectivity index (χ0) is 21.5. The number of hydrogen-bond acceptors (Lipinski definition) is 7. The molecule has 0 radical (unpaired) electrons. The van der Waals surface area contributed by atoms with Gasteiger partial charge >= 0.3 is 10.1 Å². The molecule has 2 aromatic carbocycles. The van der Waals surface area contributed by atoms with Crippen LogP contribution >= 0.6 is 0 Å². The van der Waals surface area contributed by atoms with Crippen molar-refractivity contribution >= 4 is 31.2 Å². The molecule has 2 heterocycles. The minimum Gasteiger partial charge on any atom is -0.357 e. The van der Waals surface area contributed by atoms with Crippen LogP contribution in [0.5, 0.6) is 5.88 Å². The second-order valence-corrected chi connectivity index (χ2v) is 10.1. The first kappa shape index (κ1) is 20.0. The van der Waals surface area contributed by atoms with E-state index in [4.69, 9.17) is 4.18 Å². The van der Waals surface area contributed by atoms with Gasteiger partial charge in [0, 0.05) is 6.20 Å². The molecule has 2 aromatic heterocycles. The van der Waals surface area contributed by atoms with Crippen LogP contribution in [0.15, 0.2) is 76.9 Å². The number of aromatic nitrogens is 3. The third-order valence-corrected chi connectivity index (χ3v) is 7.40. The molecule has 10 heteroatoms. The number of nitrogens with zero attached hydrogens (tertiary/aromatic N) is 3. The van der Waals surface area contributed by atoms with Crippen LogP contribution < -0.4 is 4.18 Å². The Balaban J connectivity index is 1.77. The average Bonchev–Trinajstić information content (AvgIpc) is 3.14. The van der Waals surface area contributed by atoms with Crippen LogP contribution in [0.1, 0.15) is 11.1 Å². The Labute approximate surface area is 174 Å². The molecule has 0 atom stereocenters. The summed E-state index contributed by atoms with van der Waals surface area (Å²) < 4.78 is 57.4. The van der Waals surface area contributed by atoms with Gasteiger partial charge in [-0.25, -0.2) is 22.4 Å². The van der Waals surface area contributed by atoms with Crippen molar-refractivity contribution in [1.29, 1.82) is 0 Å². The largest absolute Gasteiger partial charge is 0.357 e. The van der Waals surface area contributed by atoms with E-state index in [1.165, 1.54) is 36.5 Å². The summed E-state index contributed by atoms with van der Waals surface area (Å²) in [4.78, 5) is 7.96. The van der Waals surface area contributed by atoms with Gasteiger partial charge in [-0.2, -0.15) is 8.42 Å². The fraction of sp³-hybridized carbons (Fsp3) is 0.100. The van der Waals surface area contributed by atoms with Crippen molar-refractivity contribution in [2.75, 3.05) is 0 Å². The minimum atomic E-state index is -4.15. The summed E-state index contributed by atoms with van der Waals surface area (Å²) in [6.07, 6.45) is 2.35. The molecular formula is C20H17N3O5S2. The van der Waals surface area contributed by atoms with Gasteiger partial charge in [0.05, 0.1) is 10.3 Å². The van der Waals surface area contributed by atoms with Crippen molar-refractivity contribution in [1.82, 2.24) is 13.9 Å². The molecule has 4 aromatic rings. The van der Waals surface area contributed by atoms with Crippen molar-refractivity contribution in [3.05, 3.63) is 78.2 Å². The number of aryl methyl sites for hydroxylation is 2. The molecule has 8 nitrogen and oxygen atoms in total. The van der Waals surface area contributed by atoms with Crippen LogP contribution in [-0.2, 0) is 20.1 Å². The average molecular weight is 444 g/mol. The number of rotatable bonds is 5. The summed E-state index contributed by atoms with van der Waals surface area (Å²) in [6, 6.07) is 13.9. The van der Waals surface area contributed by atoms with Gasteiger partial charge in [0.1, 0.15) is 11.2 Å². The molecule has 0 amide bonds. The fourth-order valence-electron chi connectivity index (χ4n) is 2.85. The van der Waals surface area contributed by atoms with Gasteiger partial charge in [0.2, 0.25) is 5.88 Å². The Morgan fingerprint density at radius 3 is 1.93 bits per heavy atom. The molecule has 154 valence electrons. The highest BCUT2D eigenvalue weighted by Gasteiger charge is 2.24. The summed E-state index contributed by atoms with van der Waals surface area (Å²) in [5.41, 5.74) is 1.84. The molecule has 0 unspecified atom stereocenters. The van der Waals surface area contributed by atoms with E-state index >= 15 is 0 Å². The van der Waals surface area contributed by atoms with Crippen LogP contribution in [0.4, 0.5) is 0 Å². The lowest BCUT2D eigenvalue weighted by molar-refractivity contribution is 0.479. The molecule has 0 aliphatic rings. The minimum absolute atomic E-state index is 0.0136. The summed E-state index contributed by atoms with van der Waals surface area (Å²) >= 11 is 0. The maximum absolute atomic E-state index is 13.0. The molecule has 0 bridgehead atoms. The summed E-state index contributed by atoms with van der Waals surface area (Å²) in [7, 11) is -8.09. The van der Waals surface area contributed by atoms with Gasteiger partial charge in [-0.15, -0.1) is 0 Å². The molecule has 0 aliphatic heterocycles. The molecule has 0 aliphatic carbocycles. The zero-order valence-electron chi connectivity index (χ0n) is 16.1. The van der Waals surface area contributed by atoms with E-state index in [9.17, 15) is 16.8 Å². The smallest absolute Gasteiger partial charge is 0.340 e. The molecular weight excluding hydrogens is 426 g/mol. The first-order chi connectivity index (χ1) is 14.2. The summed E-state index contributed by atoms with van der Waals surface area (Å²) in [5, 5.41) is 0.156. The maximum Gasteiger partial charge on any atom is 0.340 e. The lowest BCUT2D eigenvalue weighted by atomic mass is 10.2. The molecule has 30 heavy (non-hydrogen) atoms. The van der Waals surface area contributed by atoms with E-state index in [2.05, 4.69) is 9.97 Å². The third kappa shape index (κ3) is 3.55. The number of fused-ring (bicyclic) bond motifs is 1. The van der Waals surface area contributed by atoms with Crippen LogP contribution in [0.25, 0.3) is 11.0 Å². The van der Waals surface area contributed by atoms with E-state index < -0.39 is 20.1 Å². The van der Waals surface area contributed by atoms with Crippen LogP contribution in [0.2, 0.25) is 0 Å². The second-order valence-electron chi connectivity index (χ2n) is 6.70. The van der Waals surface area contributed by atoms with Crippen LogP contribution in [0.3, 0.4) is 0 Å². The topological polar surface area (TPSA) is 108 Å². The van der Waals surface area contributed by atoms with E-state index in [0.29, 0.717) is 0 Å². The molecule has 0 N–H and O–H groups in total. The van der Waals surface area contributed by atoms with Crippen molar-refractivity contribution in [2.45, 2.75) is 23.6 Å². The van der Waals surface area contributed by atoms with Gasteiger partial charge < -0.3 is 4.18 Å². The van der Waals surface area contributed by atoms with Crippen LogP contribution in [-0.4, -0.2) is 30.8 Å². The van der Waals surface area contributed by atoms with E-state index in [1.807, 2.05) is 13.8 Å². The van der Waals surface area contributed by atoms with Crippen molar-refractivity contribution in [3.63, 3.8) is 0 Å². The first-order valence-corrected chi connectivity index (χ1v) is 11.7. The van der Waals surface area contributed by atoms with Gasteiger partial charge in [0.15, 0.2) is 5.65 Å². The monoisotopic (exact) mass is 443 g/mol. The zero-order valence-corrected chi connectivity index (χ0v) is 17.7. The van der Waals surface area contributed by atoms with Gasteiger partial charge in [-0.3, -0.25) is 0 Å². The van der Waals surface area contributed by atoms with Gasteiger partial charge in [-0.1, -0.05) is 35.4 Å². The lowest BCUT2D eigenvalue weighted by Gasteiger charge is -2.09. The Kier molecular flexibility index (Phi) is 4.83. The van der Waals surface area contributed by atoms with Crippen molar-refractivity contribution in [2.24, 2.45) is 0 Å². The highest BCUT2D eigenvalue weighted by atomic mass is 32.2. The molecule has 0 fully saturated rings. The van der Waals surface area contributed by atoms with E-state index in [-0.39, 0.29) is 26.7 Å². The Morgan fingerprint density at radius 1 is 0.767 bits per heavy atom. The summed E-state index contributed by atoms with van der Waals surface area (Å²) in [5.74, 6) is -0.251. The number of benzene rings is 2. The predicted octanol–water partition coefficient (Wildman–Crippen LogP) is 3.05. The SMILES string of the molecule is Cc1ccc(S(=O)(=O)Oc2ncnc3c2ccn3S(=O)(=O)c2ccc(C)cc2)cc1. The Bertz CT molecular complexity index is 1440. The van der Waals surface area contributed by atoms with Crippen molar-refractivity contribution in [3.8, 4) is 5.88 Å². The molecule has 0 saturated carbocycles. The van der Waals surface area contributed by atoms with Gasteiger partial charge in [0.25, 0.3) is 10.0 Å². The highest BCUT2D eigenvalue weighted by molar-refractivity contribution is 7.90. The van der Waals surface area contributed by atoms with E-state index in [1.54, 1.807) is 24.3 Å². The Hall–Kier alpha value is -3.24. The maximum atomic E-state index is 13.0. The quantitative estimate of drug-likeness (QED) is 0.436. The Morgan fingerprint density at radius 2 is 1.33 bits per heavy atom. The number of hydrogen-bond donors (Lipinski definition) is 0. The second kappa shape index (κ2) is 7.22. The molecule has 0 spiro atoms. The molecule has 0 saturated heterocycles. The summed E-state index contributed by atoms with van der Waals surface area (Å²) in [6.45, 7) is 3.69. The standard InChI is InChI=1S/C20H17N3O5S2/c1-14-3-7-16(8-4-14)29(24,25)23-12-11-18-19(23)21-13-22-20(18)28-30(26,27)17-9-5-15(2)6-10-17/h3-13H,1-2H3. The normalized spacial score (nSPS) is 12.2. The highest BCUT2D eigenvalue weighted by Crippen LogP contribution is 2.28. The first-order valence-electron chi connectivity index (χ1n) is 8.84. The fourth-order valence-corrected chi connectivity index (χ4v) is 5.05. The lowest BCUT2D eigenvalue weighted by Crippen LogP contribution is -2.13. The third-order valence-electron chi connectivity index (χ3n) is 4.49. The van der Waals surface area contributed by atoms with E-state index in [0.717, 1.165) is 21.4 Å². The van der Waals surface area contributed by atoms with Crippen molar-refractivity contribution < 1.29 is 21.0 Å². The molecule has 4 rings (SSSR count).